The van der Waals surface area contributed by atoms with Gasteiger partial charge >= 0.3 is 5.97 Å². The third-order valence-corrected chi connectivity index (χ3v) is 3.77. The Morgan fingerprint density at radius 2 is 2.13 bits per heavy atom. The van der Waals surface area contributed by atoms with Crippen LogP contribution >= 0.6 is 0 Å². The normalized spacial score (nSPS) is 11.3. The van der Waals surface area contributed by atoms with Crippen molar-refractivity contribution < 1.29 is 9.90 Å². The first kappa shape index (κ1) is 13.3. The SMILES string of the molecule is Cn1nc(-c2cc3ccc(C(=O)O)cc3[nH]2)c2c(N)ncnc21. The summed E-state index contributed by atoms with van der Waals surface area (Å²) in [6.45, 7) is 0. The number of carbonyl (C=O) groups is 1. The van der Waals surface area contributed by atoms with E-state index >= 15 is 0 Å². The molecule has 0 saturated heterocycles. The topological polar surface area (TPSA) is 123 Å². The number of hydrogen-bond donors (Lipinski definition) is 3. The molecule has 8 nitrogen and oxygen atoms in total. The molecule has 0 amide bonds. The predicted octanol–water partition coefficient (Wildman–Crippen LogP) is 1.79. The molecular formula is C15H12N6O2. The quantitative estimate of drug-likeness (QED) is 0.519. The van der Waals surface area contributed by atoms with Crippen molar-refractivity contribution in [1.29, 1.82) is 0 Å². The van der Waals surface area contributed by atoms with Gasteiger partial charge in [0.1, 0.15) is 17.8 Å². The van der Waals surface area contributed by atoms with Crippen LogP contribution in [0.2, 0.25) is 0 Å². The molecule has 114 valence electrons. The molecule has 0 bridgehead atoms. The van der Waals surface area contributed by atoms with Crippen molar-refractivity contribution in [3.8, 4) is 11.4 Å². The fourth-order valence-corrected chi connectivity index (χ4v) is 2.69. The van der Waals surface area contributed by atoms with Gasteiger partial charge in [-0.25, -0.2) is 19.4 Å². The van der Waals surface area contributed by atoms with Crippen LogP contribution in [0.3, 0.4) is 0 Å². The Balaban J connectivity index is 1.98. The fraction of sp³-hybridized carbons (Fsp3) is 0.0667. The molecule has 0 unspecified atom stereocenters. The molecule has 0 aliphatic rings. The van der Waals surface area contributed by atoms with E-state index in [0.717, 1.165) is 11.1 Å². The van der Waals surface area contributed by atoms with E-state index in [1.54, 1.807) is 29.9 Å². The Kier molecular flexibility index (Phi) is 2.61. The number of aromatic amines is 1. The highest BCUT2D eigenvalue weighted by atomic mass is 16.4. The average molecular weight is 308 g/mol. The molecule has 23 heavy (non-hydrogen) atoms. The van der Waals surface area contributed by atoms with Crippen LogP contribution in [-0.4, -0.2) is 35.8 Å². The van der Waals surface area contributed by atoms with Gasteiger partial charge in [0.05, 0.1) is 16.6 Å². The fourth-order valence-electron chi connectivity index (χ4n) is 2.69. The predicted molar refractivity (Wildman–Crippen MR) is 85.0 cm³/mol. The Bertz CT molecular complexity index is 1080. The molecule has 1 aromatic carbocycles. The first-order valence-electron chi connectivity index (χ1n) is 6.84. The Hall–Kier alpha value is -3.42. The molecule has 0 radical (unpaired) electrons. The number of H-pyrrole nitrogens is 1. The molecular weight excluding hydrogens is 296 g/mol. The second-order valence-corrected chi connectivity index (χ2v) is 5.22. The summed E-state index contributed by atoms with van der Waals surface area (Å²) < 4.78 is 1.64. The number of nitrogens with zero attached hydrogens (tertiary/aromatic N) is 4. The third-order valence-electron chi connectivity index (χ3n) is 3.77. The van der Waals surface area contributed by atoms with Crippen LogP contribution in [0, 0.1) is 0 Å². The van der Waals surface area contributed by atoms with E-state index in [9.17, 15) is 4.79 Å². The van der Waals surface area contributed by atoms with Crippen molar-refractivity contribution in [2.24, 2.45) is 7.05 Å². The number of rotatable bonds is 2. The number of nitrogen functional groups attached to an aromatic ring is 1. The summed E-state index contributed by atoms with van der Waals surface area (Å²) in [4.78, 5) is 22.5. The zero-order chi connectivity index (χ0) is 16.1. The number of carboxylic acids is 1. The van der Waals surface area contributed by atoms with Crippen LogP contribution in [0.4, 0.5) is 5.82 Å². The lowest BCUT2D eigenvalue weighted by Gasteiger charge is -1.96. The standard InChI is InChI=1S/C15H12N6O2/c1-21-14-11(13(16)17-6-18-14)12(20-21)10-4-7-2-3-8(15(22)23)5-9(7)19-10/h2-6,19H,1H3,(H,22,23)(H2,16,17,18). The molecule has 0 aliphatic heterocycles. The second-order valence-electron chi connectivity index (χ2n) is 5.22. The first-order chi connectivity index (χ1) is 11.0. The van der Waals surface area contributed by atoms with Gasteiger partial charge in [-0.05, 0) is 18.2 Å². The number of aromatic nitrogens is 5. The number of nitrogens with one attached hydrogen (secondary N) is 1. The molecule has 0 atom stereocenters. The smallest absolute Gasteiger partial charge is 0.335 e. The molecule has 0 fully saturated rings. The molecule has 4 rings (SSSR count). The van der Waals surface area contributed by atoms with E-state index < -0.39 is 5.97 Å². The summed E-state index contributed by atoms with van der Waals surface area (Å²) in [5.74, 6) is -0.619. The molecule has 0 spiro atoms. The van der Waals surface area contributed by atoms with Crippen molar-refractivity contribution in [3.05, 3.63) is 36.2 Å². The van der Waals surface area contributed by atoms with E-state index in [0.29, 0.717) is 28.1 Å². The molecule has 0 aliphatic carbocycles. The molecule has 4 aromatic rings. The number of benzene rings is 1. The largest absolute Gasteiger partial charge is 0.478 e. The number of aryl methyl sites for hydroxylation is 1. The number of aromatic carboxylic acids is 1. The zero-order valence-corrected chi connectivity index (χ0v) is 12.1. The first-order valence-corrected chi connectivity index (χ1v) is 6.84. The monoisotopic (exact) mass is 308 g/mol. The summed E-state index contributed by atoms with van der Waals surface area (Å²) in [5.41, 5.74) is 8.91. The van der Waals surface area contributed by atoms with Crippen LogP contribution in [0.25, 0.3) is 33.3 Å². The van der Waals surface area contributed by atoms with Gasteiger partial charge in [-0.15, -0.1) is 0 Å². The van der Waals surface area contributed by atoms with Crippen molar-refractivity contribution >= 4 is 33.7 Å². The summed E-state index contributed by atoms with van der Waals surface area (Å²) in [6, 6.07) is 6.81. The second kappa shape index (κ2) is 4.54. The van der Waals surface area contributed by atoms with Gasteiger partial charge in [0.15, 0.2) is 5.65 Å². The minimum atomic E-state index is -0.969. The van der Waals surface area contributed by atoms with Gasteiger partial charge in [-0.2, -0.15) is 5.10 Å². The van der Waals surface area contributed by atoms with Crippen LogP contribution in [-0.2, 0) is 7.05 Å². The number of fused-ring (bicyclic) bond motifs is 2. The van der Waals surface area contributed by atoms with Gasteiger partial charge in [-0.3, -0.25) is 0 Å². The van der Waals surface area contributed by atoms with E-state index in [1.807, 2.05) is 6.07 Å². The lowest BCUT2D eigenvalue weighted by atomic mass is 10.1. The van der Waals surface area contributed by atoms with E-state index in [4.69, 9.17) is 10.8 Å². The van der Waals surface area contributed by atoms with Crippen molar-refractivity contribution in [1.82, 2.24) is 24.7 Å². The molecule has 8 heteroatoms. The minimum Gasteiger partial charge on any atom is -0.478 e. The zero-order valence-electron chi connectivity index (χ0n) is 12.1. The molecule has 3 aromatic heterocycles. The maximum Gasteiger partial charge on any atom is 0.335 e. The van der Waals surface area contributed by atoms with Gasteiger partial charge < -0.3 is 15.8 Å². The lowest BCUT2D eigenvalue weighted by Crippen LogP contribution is -1.95. The number of carboxylic acid groups (broad SMARTS) is 1. The summed E-state index contributed by atoms with van der Waals surface area (Å²) >= 11 is 0. The molecule has 0 saturated carbocycles. The summed E-state index contributed by atoms with van der Waals surface area (Å²) in [5, 5.41) is 15.1. The summed E-state index contributed by atoms with van der Waals surface area (Å²) in [7, 11) is 1.78. The Morgan fingerprint density at radius 1 is 1.30 bits per heavy atom. The van der Waals surface area contributed by atoms with Crippen LogP contribution < -0.4 is 5.73 Å². The number of hydrogen-bond acceptors (Lipinski definition) is 5. The van der Waals surface area contributed by atoms with Crippen LogP contribution in [0.15, 0.2) is 30.6 Å². The molecule has 3 heterocycles. The van der Waals surface area contributed by atoms with Gasteiger partial charge in [0, 0.05) is 18.0 Å². The van der Waals surface area contributed by atoms with Crippen molar-refractivity contribution in [2.45, 2.75) is 0 Å². The van der Waals surface area contributed by atoms with E-state index in [-0.39, 0.29) is 5.56 Å². The van der Waals surface area contributed by atoms with Crippen molar-refractivity contribution in [2.75, 3.05) is 5.73 Å². The number of anilines is 1. The molecule has 4 N–H and O–H groups in total. The van der Waals surface area contributed by atoms with E-state index in [1.165, 1.54) is 6.33 Å². The highest BCUT2D eigenvalue weighted by Crippen LogP contribution is 2.31. The highest BCUT2D eigenvalue weighted by Gasteiger charge is 2.17. The van der Waals surface area contributed by atoms with Crippen LogP contribution in [0.1, 0.15) is 10.4 Å². The van der Waals surface area contributed by atoms with Gasteiger partial charge in [0.2, 0.25) is 0 Å². The van der Waals surface area contributed by atoms with E-state index in [2.05, 4.69) is 20.1 Å². The Labute approximate surface area is 129 Å². The minimum absolute atomic E-state index is 0.222. The average Bonchev–Trinajstić information content (AvgIpc) is 3.08. The third kappa shape index (κ3) is 1.92. The maximum absolute atomic E-state index is 11.1. The van der Waals surface area contributed by atoms with Crippen molar-refractivity contribution in [3.63, 3.8) is 0 Å². The van der Waals surface area contributed by atoms with Crippen LogP contribution in [0.5, 0.6) is 0 Å². The highest BCUT2D eigenvalue weighted by molar-refractivity contribution is 6.00. The summed E-state index contributed by atoms with van der Waals surface area (Å²) in [6.07, 6.45) is 1.40. The lowest BCUT2D eigenvalue weighted by molar-refractivity contribution is 0.0697. The van der Waals surface area contributed by atoms with Gasteiger partial charge in [0.25, 0.3) is 0 Å². The number of nitrogens with two attached hydrogens (primary N) is 1. The Morgan fingerprint density at radius 3 is 2.91 bits per heavy atom. The van der Waals surface area contributed by atoms with Gasteiger partial charge in [-0.1, -0.05) is 6.07 Å². The maximum atomic E-state index is 11.1.